The largest absolute Gasteiger partial charge is 0.369 e. The molecule has 0 spiro atoms. The van der Waals surface area contributed by atoms with Gasteiger partial charge in [-0.3, -0.25) is 14.6 Å². The molecule has 4 rings (SSSR count). The first-order chi connectivity index (χ1) is 14.2. The zero-order chi connectivity index (χ0) is 20.1. The summed E-state index contributed by atoms with van der Waals surface area (Å²) < 4.78 is 0. The number of benzene rings is 2. The number of para-hydroxylation sites is 1. The number of piperazine rings is 1. The number of hydrogen-bond donors (Lipinski definition) is 1. The molecule has 2 fully saturated rings. The van der Waals surface area contributed by atoms with E-state index < -0.39 is 0 Å². The summed E-state index contributed by atoms with van der Waals surface area (Å²) in [6.07, 6.45) is 1.13. The van der Waals surface area contributed by atoms with Gasteiger partial charge < -0.3 is 10.2 Å². The van der Waals surface area contributed by atoms with Crippen LogP contribution in [0, 0.1) is 0 Å². The number of amides is 3. The third kappa shape index (κ3) is 4.77. The summed E-state index contributed by atoms with van der Waals surface area (Å²) in [5.74, 6) is -0.0866. The quantitative estimate of drug-likeness (QED) is 0.821. The highest BCUT2D eigenvalue weighted by Crippen LogP contribution is 2.22. The molecule has 0 aromatic heterocycles. The number of nitrogens with one attached hydrogen (secondary N) is 1. The van der Waals surface area contributed by atoms with Crippen LogP contribution >= 0.6 is 0 Å². The molecular formula is C23H28N4O2. The first kappa shape index (κ1) is 19.5. The van der Waals surface area contributed by atoms with Crippen LogP contribution in [-0.2, 0) is 4.79 Å². The normalized spacial score (nSPS) is 20.6. The fourth-order valence-corrected chi connectivity index (χ4v) is 4.11. The van der Waals surface area contributed by atoms with Gasteiger partial charge in [-0.25, -0.2) is 4.79 Å². The van der Waals surface area contributed by atoms with E-state index in [1.54, 1.807) is 0 Å². The van der Waals surface area contributed by atoms with Crippen LogP contribution in [0.3, 0.4) is 0 Å². The molecule has 2 aliphatic rings. The Labute approximate surface area is 172 Å². The molecule has 2 saturated heterocycles. The van der Waals surface area contributed by atoms with Gasteiger partial charge in [0.05, 0.1) is 12.5 Å². The van der Waals surface area contributed by atoms with Gasteiger partial charge in [-0.2, -0.15) is 0 Å². The highest BCUT2D eigenvalue weighted by molar-refractivity contribution is 5.97. The summed E-state index contributed by atoms with van der Waals surface area (Å²) in [6.45, 7) is 5.40. The number of urea groups is 1. The SMILES string of the molecule is O=C1CC(c2ccccc2)NC(=O)N1CCCN1CCN(c2ccccc2)CC1. The molecule has 152 valence electrons. The van der Waals surface area contributed by atoms with Gasteiger partial charge in [0, 0.05) is 38.4 Å². The maximum absolute atomic E-state index is 12.5. The highest BCUT2D eigenvalue weighted by atomic mass is 16.2. The maximum Gasteiger partial charge on any atom is 0.324 e. The number of nitrogens with zero attached hydrogens (tertiary/aromatic N) is 3. The summed E-state index contributed by atoms with van der Waals surface area (Å²) in [5.41, 5.74) is 2.25. The highest BCUT2D eigenvalue weighted by Gasteiger charge is 2.32. The summed E-state index contributed by atoms with van der Waals surface area (Å²) in [6, 6.07) is 19.7. The molecule has 0 saturated carbocycles. The zero-order valence-corrected chi connectivity index (χ0v) is 16.7. The minimum atomic E-state index is -0.274. The standard InChI is InChI=1S/C23H28N4O2/c28-22-18-21(19-8-3-1-4-9-19)24-23(29)27(22)13-7-12-25-14-16-26(17-15-25)20-10-5-2-6-11-20/h1-6,8-11,21H,7,12-18H2,(H,24,29). The van der Waals surface area contributed by atoms with Gasteiger partial charge in [0.25, 0.3) is 0 Å². The van der Waals surface area contributed by atoms with Crippen molar-refractivity contribution in [2.75, 3.05) is 44.2 Å². The molecular weight excluding hydrogens is 364 g/mol. The second-order valence-electron chi connectivity index (χ2n) is 7.68. The number of carbonyl (C=O) groups excluding carboxylic acids is 2. The van der Waals surface area contributed by atoms with E-state index in [0.717, 1.165) is 44.7 Å². The first-order valence-corrected chi connectivity index (χ1v) is 10.4. The lowest BCUT2D eigenvalue weighted by molar-refractivity contribution is -0.130. The molecule has 0 bridgehead atoms. The maximum atomic E-state index is 12.5. The summed E-state index contributed by atoms with van der Waals surface area (Å²) in [7, 11) is 0. The van der Waals surface area contributed by atoms with Crippen LogP contribution in [0.15, 0.2) is 60.7 Å². The van der Waals surface area contributed by atoms with Crippen molar-refractivity contribution in [2.45, 2.75) is 18.9 Å². The van der Waals surface area contributed by atoms with Crippen molar-refractivity contribution < 1.29 is 9.59 Å². The number of hydrogen-bond acceptors (Lipinski definition) is 4. The Morgan fingerprint density at radius 2 is 1.48 bits per heavy atom. The lowest BCUT2D eigenvalue weighted by Gasteiger charge is -2.36. The van der Waals surface area contributed by atoms with Crippen molar-refractivity contribution in [3.8, 4) is 0 Å². The second kappa shape index (κ2) is 9.09. The van der Waals surface area contributed by atoms with E-state index in [2.05, 4.69) is 39.4 Å². The van der Waals surface area contributed by atoms with Crippen molar-refractivity contribution in [3.63, 3.8) is 0 Å². The Hall–Kier alpha value is -2.86. The topological polar surface area (TPSA) is 55.9 Å². The van der Waals surface area contributed by atoms with E-state index in [4.69, 9.17) is 0 Å². The minimum absolute atomic E-state index is 0.0866. The van der Waals surface area contributed by atoms with Crippen molar-refractivity contribution in [3.05, 3.63) is 66.2 Å². The van der Waals surface area contributed by atoms with Crippen LogP contribution < -0.4 is 10.2 Å². The Balaban J connectivity index is 1.21. The minimum Gasteiger partial charge on any atom is -0.369 e. The number of carbonyl (C=O) groups is 2. The predicted molar refractivity (Wildman–Crippen MR) is 114 cm³/mol. The van der Waals surface area contributed by atoms with Crippen molar-refractivity contribution in [2.24, 2.45) is 0 Å². The van der Waals surface area contributed by atoms with Crippen molar-refractivity contribution in [1.82, 2.24) is 15.1 Å². The molecule has 0 aliphatic carbocycles. The van der Waals surface area contributed by atoms with E-state index in [9.17, 15) is 9.59 Å². The van der Waals surface area contributed by atoms with Gasteiger partial charge in [-0.1, -0.05) is 48.5 Å². The number of imide groups is 1. The fraction of sp³-hybridized carbons (Fsp3) is 0.391. The van der Waals surface area contributed by atoms with Gasteiger partial charge in [0.2, 0.25) is 5.91 Å². The lowest BCUT2D eigenvalue weighted by atomic mass is 10.0. The van der Waals surface area contributed by atoms with E-state index in [-0.39, 0.29) is 18.0 Å². The Morgan fingerprint density at radius 1 is 0.828 bits per heavy atom. The third-order valence-electron chi connectivity index (χ3n) is 5.77. The molecule has 1 N–H and O–H groups in total. The van der Waals surface area contributed by atoms with Crippen LogP contribution in [0.1, 0.15) is 24.4 Å². The van der Waals surface area contributed by atoms with Gasteiger partial charge in [-0.05, 0) is 30.7 Å². The Bertz CT molecular complexity index is 801. The van der Waals surface area contributed by atoms with Gasteiger partial charge in [0.1, 0.15) is 0 Å². The molecule has 6 heteroatoms. The monoisotopic (exact) mass is 392 g/mol. The Kier molecular flexibility index (Phi) is 6.10. The molecule has 6 nitrogen and oxygen atoms in total. The molecule has 1 unspecified atom stereocenters. The molecule has 1 atom stereocenters. The van der Waals surface area contributed by atoms with E-state index >= 15 is 0 Å². The summed E-state index contributed by atoms with van der Waals surface area (Å²) in [5, 5.41) is 2.97. The average molecular weight is 393 g/mol. The van der Waals surface area contributed by atoms with Crippen molar-refractivity contribution >= 4 is 17.6 Å². The second-order valence-corrected chi connectivity index (χ2v) is 7.68. The molecule has 2 heterocycles. The number of rotatable bonds is 6. The van der Waals surface area contributed by atoms with Crippen LogP contribution in [0.25, 0.3) is 0 Å². The van der Waals surface area contributed by atoms with Gasteiger partial charge in [-0.15, -0.1) is 0 Å². The molecule has 3 amide bonds. The summed E-state index contributed by atoms with van der Waals surface area (Å²) in [4.78, 5) is 31.2. The molecule has 2 aliphatic heterocycles. The average Bonchev–Trinajstić information content (AvgIpc) is 2.77. The van der Waals surface area contributed by atoms with Crippen LogP contribution in [-0.4, -0.2) is 61.0 Å². The molecule has 0 radical (unpaired) electrons. The van der Waals surface area contributed by atoms with Crippen LogP contribution in [0.4, 0.5) is 10.5 Å². The third-order valence-corrected chi connectivity index (χ3v) is 5.77. The van der Waals surface area contributed by atoms with Crippen LogP contribution in [0.5, 0.6) is 0 Å². The van der Waals surface area contributed by atoms with E-state index in [0.29, 0.717) is 13.0 Å². The zero-order valence-electron chi connectivity index (χ0n) is 16.7. The van der Waals surface area contributed by atoms with Gasteiger partial charge in [0.15, 0.2) is 0 Å². The Morgan fingerprint density at radius 3 is 2.14 bits per heavy atom. The number of anilines is 1. The van der Waals surface area contributed by atoms with Gasteiger partial charge >= 0.3 is 6.03 Å². The molecule has 2 aromatic rings. The predicted octanol–water partition coefficient (Wildman–Crippen LogP) is 2.88. The molecule has 29 heavy (non-hydrogen) atoms. The smallest absolute Gasteiger partial charge is 0.324 e. The fourth-order valence-electron chi connectivity index (χ4n) is 4.11. The molecule has 2 aromatic carbocycles. The summed E-state index contributed by atoms with van der Waals surface area (Å²) >= 11 is 0. The van der Waals surface area contributed by atoms with Crippen LogP contribution in [0.2, 0.25) is 0 Å². The lowest BCUT2D eigenvalue weighted by Crippen LogP contribution is -2.52. The van der Waals surface area contributed by atoms with Crippen molar-refractivity contribution in [1.29, 1.82) is 0 Å². The first-order valence-electron chi connectivity index (χ1n) is 10.4. The van der Waals surface area contributed by atoms with E-state index in [1.807, 2.05) is 36.4 Å². The van der Waals surface area contributed by atoms with E-state index in [1.165, 1.54) is 10.6 Å².